The van der Waals surface area contributed by atoms with Crippen molar-refractivity contribution in [1.82, 2.24) is 0 Å². The second kappa shape index (κ2) is 15.6. The molecule has 0 atom stereocenters. The first kappa shape index (κ1) is 28.8. The normalized spacial score (nSPS) is 14.6. The van der Waals surface area contributed by atoms with Crippen molar-refractivity contribution in [2.75, 3.05) is 0 Å². The van der Waals surface area contributed by atoms with Crippen molar-refractivity contribution in [3.8, 4) is 0 Å². The fourth-order valence-electron chi connectivity index (χ4n) is 4.79. The SMILES string of the molecule is [C-]1=CC=CC1.[Cl-].[Cl-].[Zr+2]=[C](c1ccccc1)c1ccccc1.[cH-]1c2c(c3c1CCCC3)CCCC2. The van der Waals surface area contributed by atoms with Crippen molar-refractivity contribution in [1.29, 1.82) is 0 Å². The maximum absolute atomic E-state index is 2.99. The van der Waals surface area contributed by atoms with Crippen molar-refractivity contribution >= 4 is 3.21 Å². The quantitative estimate of drug-likeness (QED) is 0.411. The molecule has 0 heterocycles. The van der Waals surface area contributed by atoms with Crippen LogP contribution in [-0.4, -0.2) is 3.21 Å². The van der Waals surface area contributed by atoms with Gasteiger partial charge >= 0.3 is 99.2 Å². The van der Waals surface area contributed by atoms with Crippen LogP contribution in [0.15, 0.2) is 85.0 Å². The Balaban J connectivity index is 0.000000191. The van der Waals surface area contributed by atoms with E-state index in [2.05, 4.69) is 78.9 Å². The topological polar surface area (TPSA) is 0 Å². The van der Waals surface area contributed by atoms with E-state index >= 15 is 0 Å². The molecule has 176 valence electrons. The average Bonchev–Trinajstić information content (AvgIpc) is 3.57. The predicted molar refractivity (Wildman–Crippen MR) is 133 cm³/mol. The van der Waals surface area contributed by atoms with Crippen LogP contribution in [0.2, 0.25) is 0 Å². The average molecular weight is 567 g/mol. The molecule has 0 fully saturated rings. The van der Waals surface area contributed by atoms with Gasteiger partial charge in [-0.05, 0) is 0 Å². The zero-order valence-electron chi connectivity index (χ0n) is 19.7. The maximum Gasteiger partial charge on any atom is -0.0512 e. The molecule has 0 radical (unpaired) electrons. The summed E-state index contributed by atoms with van der Waals surface area (Å²) < 4.78 is 1.42. The molecule has 0 saturated carbocycles. The van der Waals surface area contributed by atoms with Gasteiger partial charge in [-0.25, -0.2) is 12.2 Å². The second-order valence-electron chi connectivity index (χ2n) is 8.68. The predicted octanol–water partition coefficient (Wildman–Crippen LogP) is 1.28. The van der Waals surface area contributed by atoms with E-state index in [4.69, 9.17) is 0 Å². The van der Waals surface area contributed by atoms with Crippen LogP contribution in [0, 0.1) is 6.08 Å². The number of hydrogen-bond acceptors (Lipinski definition) is 0. The Labute approximate surface area is 233 Å². The van der Waals surface area contributed by atoms with Crippen LogP contribution in [0.4, 0.5) is 0 Å². The zero-order valence-corrected chi connectivity index (χ0v) is 23.7. The number of benzene rings is 2. The van der Waals surface area contributed by atoms with E-state index in [1.54, 1.807) is 22.3 Å². The summed E-state index contributed by atoms with van der Waals surface area (Å²) in [6, 6.07) is 23.6. The minimum absolute atomic E-state index is 0. The number of hydrogen-bond donors (Lipinski definition) is 0. The largest absolute Gasteiger partial charge is 0.192 e. The van der Waals surface area contributed by atoms with Crippen LogP contribution in [-0.2, 0) is 49.9 Å². The van der Waals surface area contributed by atoms with Gasteiger partial charge in [0.25, 0.3) is 0 Å². The van der Waals surface area contributed by atoms with Crippen LogP contribution in [0.3, 0.4) is 0 Å². The van der Waals surface area contributed by atoms with Crippen molar-refractivity contribution in [2.24, 2.45) is 0 Å². The van der Waals surface area contributed by atoms with E-state index in [9.17, 15) is 0 Å². The molecule has 0 amide bonds. The third kappa shape index (κ3) is 8.08. The Bertz CT molecular complexity index is 980. The minimum atomic E-state index is 0. The summed E-state index contributed by atoms with van der Waals surface area (Å²) in [5.41, 5.74) is 9.60. The van der Waals surface area contributed by atoms with Crippen LogP contribution < -0.4 is 24.8 Å². The van der Waals surface area contributed by atoms with Crippen LogP contribution in [0.25, 0.3) is 0 Å². The van der Waals surface area contributed by atoms with E-state index < -0.39 is 0 Å². The zero-order chi connectivity index (χ0) is 22.0. The third-order valence-corrected chi connectivity index (χ3v) is 7.86. The Kier molecular flexibility index (Phi) is 13.2. The molecule has 3 aliphatic rings. The van der Waals surface area contributed by atoms with E-state index in [0.717, 1.165) is 6.42 Å². The fraction of sp³-hybridized carbons (Fsp3) is 0.290. The van der Waals surface area contributed by atoms with Gasteiger partial charge in [0.2, 0.25) is 0 Å². The monoisotopic (exact) mass is 564 g/mol. The molecule has 0 saturated heterocycles. The summed E-state index contributed by atoms with van der Waals surface area (Å²) in [6.45, 7) is 0. The summed E-state index contributed by atoms with van der Waals surface area (Å²) in [6.07, 6.45) is 21.2. The van der Waals surface area contributed by atoms with Gasteiger partial charge in [0, 0.05) is 0 Å². The Morgan fingerprint density at radius 2 is 1.15 bits per heavy atom. The van der Waals surface area contributed by atoms with E-state index in [-0.39, 0.29) is 24.8 Å². The molecule has 6 rings (SSSR count). The Hall–Kier alpha value is -1.40. The van der Waals surface area contributed by atoms with E-state index in [1.807, 2.05) is 12.2 Å². The van der Waals surface area contributed by atoms with Gasteiger partial charge in [0.15, 0.2) is 0 Å². The van der Waals surface area contributed by atoms with Gasteiger partial charge in [-0.15, -0.1) is 6.42 Å². The van der Waals surface area contributed by atoms with Crippen molar-refractivity contribution in [3.05, 3.63) is 124 Å². The van der Waals surface area contributed by atoms with E-state index in [1.165, 1.54) is 89.9 Å². The van der Waals surface area contributed by atoms with Crippen molar-refractivity contribution < 1.29 is 49.0 Å². The minimum Gasteiger partial charge on any atom is -0.192 e. The summed E-state index contributed by atoms with van der Waals surface area (Å²) in [5.74, 6) is 0. The molecule has 3 aromatic rings. The first-order chi connectivity index (χ1) is 15.8. The Morgan fingerprint density at radius 3 is 1.53 bits per heavy atom. The molecule has 3 aliphatic carbocycles. The summed E-state index contributed by atoms with van der Waals surface area (Å²) in [7, 11) is 0. The summed E-state index contributed by atoms with van der Waals surface area (Å²) >= 11 is 1.46. The molecular weight excluding hydrogens is 534 g/mol. The van der Waals surface area contributed by atoms with E-state index in [0.29, 0.717) is 0 Å². The second-order valence-corrected chi connectivity index (χ2v) is 9.91. The van der Waals surface area contributed by atoms with Crippen LogP contribution in [0.1, 0.15) is 65.5 Å². The van der Waals surface area contributed by atoms with Gasteiger partial charge in [0.1, 0.15) is 0 Å². The van der Waals surface area contributed by atoms with Gasteiger partial charge < -0.3 is 24.8 Å². The molecule has 0 aromatic heterocycles. The molecule has 0 spiro atoms. The fourth-order valence-corrected chi connectivity index (χ4v) is 5.61. The molecule has 3 aromatic carbocycles. The molecule has 34 heavy (non-hydrogen) atoms. The molecule has 0 nitrogen and oxygen atoms in total. The molecule has 0 aliphatic heterocycles. The third-order valence-electron chi connectivity index (χ3n) is 6.44. The maximum atomic E-state index is 2.99. The number of aryl methyl sites for hydroxylation is 2. The van der Waals surface area contributed by atoms with Gasteiger partial charge in [-0.3, -0.25) is 6.08 Å². The number of halogens is 2. The van der Waals surface area contributed by atoms with Crippen molar-refractivity contribution in [3.63, 3.8) is 0 Å². The molecule has 0 N–H and O–H groups in total. The molecule has 3 heteroatoms. The molecule has 0 bridgehead atoms. The van der Waals surface area contributed by atoms with Crippen LogP contribution >= 0.6 is 0 Å². The molecular formula is C31H32Cl2Zr-2. The first-order valence-electron chi connectivity index (χ1n) is 12.0. The Morgan fingerprint density at radius 1 is 0.676 bits per heavy atom. The number of fused-ring (bicyclic) bond motifs is 3. The summed E-state index contributed by atoms with van der Waals surface area (Å²) in [5, 5.41) is 0. The van der Waals surface area contributed by atoms with Gasteiger partial charge in [-0.1, -0.05) is 51.4 Å². The standard InChI is InChI=1S/C13H17.C13H10.C5H5.2ClH.Zr/c1-3-7-12-10(5-1)9-11-6-2-4-8-13(11)12;1-3-7-12(8-4-1)11-13-9-5-2-6-10-13;1-2-4-5-3-1;;;/h9H,1-8H2;1-10H;1-3H,4H2;2*1H;/q-1;;-1;;;+2/p-2. The number of allylic oxidation sites excluding steroid dienone is 4. The van der Waals surface area contributed by atoms with Gasteiger partial charge in [0.05, 0.1) is 0 Å². The first-order valence-corrected chi connectivity index (χ1v) is 13.3. The van der Waals surface area contributed by atoms with Crippen molar-refractivity contribution in [2.45, 2.75) is 57.8 Å². The van der Waals surface area contributed by atoms with Gasteiger partial charge in [-0.2, -0.15) is 34.4 Å². The smallest absolute Gasteiger partial charge is 0.0512 e. The van der Waals surface area contributed by atoms with Crippen LogP contribution in [0.5, 0.6) is 0 Å². The number of rotatable bonds is 2. The summed E-state index contributed by atoms with van der Waals surface area (Å²) in [4.78, 5) is 0. The molecule has 0 unspecified atom stereocenters.